The minimum Gasteiger partial charge on any atom is -0.381 e. The number of alkyl halides is 5. The molecule has 19 heavy (non-hydrogen) atoms. The fraction of sp³-hybridized carbons (Fsp3) is 1.00. The Morgan fingerprint density at radius 2 is 1.68 bits per heavy atom. The van der Waals surface area contributed by atoms with Crippen LogP contribution in [0.15, 0.2) is 0 Å². The zero-order valence-corrected chi connectivity index (χ0v) is 12.0. The SMILES string of the molecule is CCCCOC(O)(OCC)C(O)C(Cl)(Cl)C(F)(F)F. The highest BCUT2D eigenvalue weighted by Crippen LogP contribution is 2.45. The van der Waals surface area contributed by atoms with Crippen LogP contribution in [0, 0.1) is 0 Å². The van der Waals surface area contributed by atoms with Crippen LogP contribution < -0.4 is 0 Å². The van der Waals surface area contributed by atoms with Gasteiger partial charge in [-0.2, -0.15) is 13.2 Å². The highest BCUT2D eigenvalue weighted by Gasteiger charge is 2.64. The summed E-state index contributed by atoms with van der Waals surface area (Å²) in [4.78, 5) is 0. The van der Waals surface area contributed by atoms with Gasteiger partial charge in [0, 0.05) is 6.61 Å². The second kappa shape index (κ2) is 7.28. The van der Waals surface area contributed by atoms with Crippen molar-refractivity contribution in [1.29, 1.82) is 0 Å². The van der Waals surface area contributed by atoms with Gasteiger partial charge >= 0.3 is 12.1 Å². The summed E-state index contributed by atoms with van der Waals surface area (Å²) in [6.07, 6.45) is -6.77. The molecule has 116 valence electrons. The van der Waals surface area contributed by atoms with Crippen LogP contribution in [0.4, 0.5) is 13.2 Å². The lowest BCUT2D eigenvalue weighted by molar-refractivity contribution is -0.403. The molecular formula is C10H17Cl2F3O4. The van der Waals surface area contributed by atoms with E-state index in [2.05, 4.69) is 4.74 Å². The number of rotatable bonds is 8. The van der Waals surface area contributed by atoms with E-state index in [1.165, 1.54) is 6.92 Å². The summed E-state index contributed by atoms with van der Waals surface area (Å²) in [6, 6.07) is 0. The van der Waals surface area contributed by atoms with E-state index in [0.29, 0.717) is 12.8 Å². The minimum absolute atomic E-state index is 0.119. The second-order valence-corrected chi connectivity index (χ2v) is 5.17. The smallest absolute Gasteiger partial charge is 0.381 e. The van der Waals surface area contributed by atoms with Gasteiger partial charge in [0.15, 0.2) is 6.10 Å². The van der Waals surface area contributed by atoms with E-state index in [9.17, 15) is 23.4 Å². The monoisotopic (exact) mass is 328 g/mol. The van der Waals surface area contributed by atoms with Crippen LogP contribution in [-0.4, -0.2) is 46.0 Å². The lowest BCUT2D eigenvalue weighted by atomic mass is 10.2. The Morgan fingerprint density at radius 1 is 1.16 bits per heavy atom. The number of ether oxygens (including phenoxy) is 2. The number of halogens is 5. The first-order valence-corrected chi connectivity index (χ1v) is 6.41. The lowest BCUT2D eigenvalue weighted by Gasteiger charge is -2.38. The van der Waals surface area contributed by atoms with Gasteiger partial charge in [0.25, 0.3) is 0 Å². The predicted molar refractivity (Wildman–Crippen MR) is 63.9 cm³/mol. The molecule has 2 atom stereocenters. The molecule has 9 heteroatoms. The van der Waals surface area contributed by atoms with E-state index in [4.69, 9.17) is 27.9 Å². The Morgan fingerprint density at radius 3 is 2.05 bits per heavy atom. The number of unbranched alkanes of at least 4 members (excludes halogenated alkanes) is 1. The van der Waals surface area contributed by atoms with E-state index < -0.39 is 22.6 Å². The molecule has 0 heterocycles. The topological polar surface area (TPSA) is 58.9 Å². The highest BCUT2D eigenvalue weighted by molar-refractivity contribution is 6.49. The predicted octanol–water partition coefficient (Wildman–Crippen LogP) is 2.58. The van der Waals surface area contributed by atoms with E-state index in [0.717, 1.165) is 0 Å². The van der Waals surface area contributed by atoms with E-state index >= 15 is 0 Å². The quantitative estimate of drug-likeness (QED) is 0.408. The molecule has 0 aliphatic rings. The second-order valence-electron chi connectivity index (χ2n) is 3.79. The van der Waals surface area contributed by atoms with Gasteiger partial charge in [-0.25, -0.2) is 0 Å². The molecule has 0 aliphatic carbocycles. The molecule has 0 bridgehead atoms. The van der Waals surface area contributed by atoms with Crippen LogP contribution in [0.25, 0.3) is 0 Å². The minimum atomic E-state index is -5.17. The first kappa shape index (κ1) is 19.2. The van der Waals surface area contributed by atoms with Crippen molar-refractivity contribution in [2.45, 2.75) is 49.3 Å². The van der Waals surface area contributed by atoms with Crippen LogP contribution in [0.1, 0.15) is 26.7 Å². The third-order valence-electron chi connectivity index (χ3n) is 2.22. The Balaban J connectivity index is 5.05. The van der Waals surface area contributed by atoms with Crippen LogP contribution in [0.5, 0.6) is 0 Å². The third-order valence-corrected chi connectivity index (χ3v) is 3.07. The summed E-state index contributed by atoms with van der Waals surface area (Å²) >= 11 is 10.1. The van der Waals surface area contributed by atoms with Crippen molar-refractivity contribution in [3.63, 3.8) is 0 Å². The zero-order chi connectivity index (χ0) is 15.3. The van der Waals surface area contributed by atoms with Gasteiger partial charge in [-0.05, 0) is 13.3 Å². The van der Waals surface area contributed by atoms with Crippen molar-refractivity contribution >= 4 is 23.2 Å². The maximum Gasteiger partial charge on any atom is 0.424 e. The summed E-state index contributed by atoms with van der Waals surface area (Å²) < 4.78 is 43.6. The van der Waals surface area contributed by atoms with Crippen molar-refractivity contribution in [1.82, 2.24) is 0 Å². The third kappa shape index (κ3) is 4.91. The van der Waals surface area contributed by atoms with Crippen molar-refractivity contribution in [3.05, 3.63) is 0 Å². The first-order valence-electron chi connectivity index (χ1n) is 5.65. The first-order chi connectivity index (χ1) is 8.53. The van der Waals surface area contributed by atoms with E-state index in [-0.39, 0.29) is 13.2 Å². The van der Waals surface area contributed by atoms with Gasteiger partial charge in [0.05, 0.1) is 6.61 Å². The molecule has 0 fully saturated rings. The number of hydrogen-bond acceptors (Lipinski definition) is 4. The van der Waals surface area contributed by atoms with Crippen LogP contribution in [-0.2, 0) is 9.47 Å². The Bertz CT molecular complexity index is 276. The highest BCUT2D eigenvalue weighted by atomic mass is 35.5. The molecule has 2 N–H and O–H groups in total. The molecule has 4 nitrogen and oxygen atoms in total. The standard InChI is InChI=1S/C10H17Cl2F3O4/c1-3-5-6-19-9(17,18-4-2)7(16)8(11,12)10(13,14)15/h7,16-17H,3-6H2,1-2H3. The molecule has 0 aromatic carbocycles. The van der Waals surface area contributed by atoms with Crippen molar-refractivity contribution in [3.8, 4) is 0 Å². The van der Waals surface area contributed by atoms with Crippen LogP contribution >= 0.6 is 23.2 Å². The average Bonchev–Trinajstić information content (AvgIpc) is 2.27. The molecule has 2 unspecified atom stereocenters. The number of aliphatic hydroxyl groups excluding tert-OH is 1. The van der Waals surface area contributed by atoms with Gasteiger partial charge < -0.3 is 19.7 Å². The molecule has 0 saturated carbocycles. The Labute approximate surface area is 119 Å². The van der Waals surface area contributed by atoms with E-state index in [1.807, 2.05) is 6.92 Å². The number of hydrogen-bond donors (Lipinski definition) is 2. The summed E-state index contributed by atoms with van der Waals surface area (Å²) in [7, 11) is 0. The molecule has 0 spiro atoms. The van der Waals surface area contributed by atoms with Gasteiger partial charge in [-0.3, -0.25) is 0 Å². The average molecular weight is 329 g/mol. The van der Waals surface area contributed by atoms with E-state index in [1.54, 1.807) is 0 Å². The Hall–Kier alpha value is 0.210. The largest absolute Gasteiger partial charge is 0.424 e. The van der Waals surface area contributed by atoms with Gasteiger partial charge in [0.1, 0.15) is 0 Å². The molecule has 0 aromatic rings. The molecule has 0 radical (unpaired) electrons. The van der Waals surface area contributed by atoms with Gasteiger partial charge in [-0.15, -0.1) is 0 Å². The van der Waals surface area contributed by atoms with Crippen molar-refractivity contribution in [2.24, 2.45) is 0 Å². The number of aliphatic hydroxyl groups is 2. The fourth-order valence-electron chi connectivity index (χ4n) is 1.15. The van der Waals surface area contributed by atoms with Crippen molar-refractivity contribution < 1.29 is 32.9 Å². The molecule has 0 saturated heterocycles. The molecule has 0 amide bonds. The Kier molecular flexibility index (Phi) is 7.37. The summed E-state index contributed by atoms with van der Waals surface area (Å²) in [5.41, 5.74) is 0. The maximum atomic E-state index is 12.6. The zero-order valence-electron chi connectivity index (χ0n) is 10.5. The fourth-order valence-corrected chi connectivity index (χ4v) is 1.43. The maximum absolute atomic E-state index is 12.6. The van der Waals surface area contributed by atoms with Gasteiger partial charge in [-0.1, -0.05) is 36.5 Å². The normalized spacial score (nSPS) is 18.2. The van der Waals surface area contributed by atoms with Gasteiger partial charge in [0.2, 0.25) is 4.33 Å². The molecule has 0 aliphatic heterocycles. The summed E-state index contributed by atoms with van der Waals surface area (Å²) in [6.45, 7) is 2.88. The summed E-state index contributed by atoms with van der Waals surface area (Å²) in [5.74, 6) is -2.93. The van der Waals surface area contributed by atoms with Crippen LogP contribution in [0.3, 0.4) is 0 Å². The lowest BCUT2D eigenvalue weighted by Crippen LogP contribution is -2.60. The molecular weight excluding hydrogens is 312 g/mol. The van der Waals surface area contributed by atoms with Crippen molar-refractivity contribution in [2.75, 3.05) is 13.2 Å². The molecule has 0 rings (SSSR count). The van der Waals surface area contributed by atoms with Crippen LogP contribution in [0.2, 0.25) is 0 Å². The molecule has 0 aromatic heterocycles. The summed E-state index contributed by atoms with van der Waals surface area (Å²) in [5, 5.41) is 19.4.